The molecule has 0 atom stereocenters. The molecule has 27 heavy (non-hydrogen) atoms. The fraction of sp³-hybridized carbons (Fsp3) is 0.105. The topological polar surface area (TPSA) is 122 Å². The fourth-order valence-corrected chi connectivity index (χ4v) is 2.98. The molecule has 3 aromatic rings. The lowest BCUT2D eigenvalue weighted by Crippen LogP contribution is -2.22. The smallest absolute Gasteiger partial charge is 0.272 e. The van der Waals surface area contributed by atoms with Gasteiger partial charge in [0.1, 0.15) is 5.69 Å². The van der Waals surface area contributed by atoms with Gasteiger partial charge in [-0.1, -0.05) is 18.2 Å². The molecule has 7 nitrogen and oxygen atoms in total. The van der Waals surface area contributed by atoms with Crippen molar-refractivity contribution in [1.82, 2.24) is 4.98 Å². The van der Waals surface area contributed by atoms with Gasteiger partial charge < -0.3 is 21.8 Å². The van der Waals surface area contributed by atoms with Crippen LogP contribution in [-0.4, -0.2) is 28.8 Å². The monoisotopic (exact) mass is 380 g/mol. The van der Waals surface area contributed by atoms with Crippen molar-refractivity contribution >= 4 is 45.9 Å². The molecular weight excluding hydrogens is 360 g/mol. The summed E-state index contributed by atoms with van der Waals surface area (Å²) in [4.78, 5) is 16.8. The zero-order valence-corrected chi connectivity index (χ0v) is 15.8. The Morgan fingerprint density at radius 1 is 1.07 bits per heavy atom. The van der Waals surface area contributed by atoms with Gasteiger partial charge in [0.25, 0.3) is 5.91 Å². The van der Waals surface area contributed by atoms with Gasteiger partial charge in [0.2, 0.25) is 5.96 Å². The number of guanidine groups is 1. The third-order valence-corrected chi connectivity index (χ3v) is 4.68. The Bertz CT molecular complexity index is 1030. The van der Waals surface area contributed by atoms with E-state index in [9.17, 15) is 4.79 Å². The number of hydrogen-bond donors (Lipinski definition) is 4. The van der Waals surface area contributed by atoms with Crippen molar-refractivity contribution in [3.05, 3.63) is 59.8 Å². The minimum atomic E-state index is -0.199. The quantitative estimate of drug-likeness (QED) is 0.235. The summed E-state index contributed by atoms with van der Waals surface area (Å²) in [7, 11) is 0. The summed E-state index contributed by atoms with van der Waals surface area (Å²) in [6, 6.07) is 15.2. The van der Waals surface area contributed by atoms with E-state index < -0.39 is 0 Å². The first-order chi connectivity index (χ1) is 13.0. The van der Waals surface area contributed by atoms with E-state index in [0.717, 1.165) is 21.4 Å². The van der Waals surface area contributed by atoms with Gasteiger partial charge in [0.05, 0.1) is 5.71 Å². The number of anilines is 1. The Morgan fingerprint density at radius 2 is 1.81 bits per heavy atom. The molecule has 0 aliphatic carbocycles. The fourth-order valence-electron chi connectivity index (χ4n) is 2.54. The van der Waals surface area contributed by atoms with Gasteiger partial charge in [0, 0.05) is 21.5 Å². The van der Waals surface area contributed by atoms with Crippen molar-refractivity contribution in [2.45, 2.75) is 11.8 Å². The Balaban J connectivity index is 1.74. The van der Waals surface area contributed by atoms with Crippen molar-refractivity contribution < 1.29 is 4.79 Å². The van der Waals surface area contributed by atoms with Gasteiger partial charge in [-0.05, 0) is 49.1 Å². The molecule has 1 aromatic heterocycles. The number of carbonyl (C=O) groups is 1. The highest BCUT2D eigenvalue weighted by atomic mass is 32.2. The van der Waals surface area contributed by atoms with E-state index in [-0.39, 0.29) is 11.9 Å². The van der Waals surface area contributed by atoms with Crippen LogP contribution in [0.25, 0.3) is 10.9 Å². The van der Waals surface area contributed by atoms with Crippen LogP contribution in [-0.2, 0) is 0 Å². The maximum atomic E-state index is 12.5. The highest BCUT2D eigenvalue weighted by Gasteiger charge is 2.10. The number of carbonyl (C=O) groups excluding carboxylic acids is 1. The summed E-state index contributed by atoms with van der Waals surface area (Å²) in [5, 5.41) is 11.4. The molecule has 0 radical (unpaired) electrons. The first kappa shape index (κ1) is 18.5. The van der Waals surface area contributed by atoms with E-state index in [2.05, 4.69) is 20.5 Å². The molecule has 138 valence electrons. The minimum Gasteiger partial charge on any atom is -0.369 e. The number of amides is 1. The van der Waals surface area contributed by atoms with Crippen LogP contribution >= 0.6 is 11.8 Å². The Labute approximate surface area is 160 Å². The number of nitrogens with two attached hydrogens (primary N) is 2. The van der Waals surface area contributed by atoms with Crippen molar-refractivity contribution in [2.24, 2.45) is 21.7 Å². The van der Waals surface area contributed by atoms with Gasteiger partial charge >= 0.3 is 0 Å². The van der Waals surface area contributed by atoms with Crippen LogP contribution in [0.2, 0.25) is 0 Å². The number of H-pyrrole nitrogens is 1. The summed E-state index contributed by atoms with van der Waals surface area (Å²) in [5.74, 6) is -0.295. The van der Waals surface area contributed by atoms with Crippen LogP contribution in [0.3, 0.4) is 0 Å². The molecule has 0 spiro atoms. The molecule has 0 aliphatic heterocycles. The van der Waals surface area contributed by atoms with Gasteiger partial charge in [-0.25, -0.2) is 0 Å². The van der Waals surface area contributed by atoms with Crippen LogP contribution in [0.4, 0.5) is 5.69 Å². The SMILES string of the molecule is CSc1ccc2cc(C(=O)Nc3ccc(C(C)=NN=C(N)N)cc3)[nH]c2c1. The average molecular weight is 380 g/mol. The zero-order chi connectivity index (χ0) is 19.4. The Morgan fingerprint density at radius 3 is 2.48 bits per heavy atom. The number of aromatic amines is 1. The second kappa shape index (κ2) is 7.96. The van der Waals surface area contributed by atoms with Crippen LogP contribution in [0.5, 0.6) is 0 Å². The standard InChI is InChI=1S/C19H20N6OS/c1-11(24-25-19(20)21)12-3-6-14(7-4-12)22-18(26)17-9-13-5-8-15(27-2)10-16(13)23-17/h3-10,23H,1-2H3,(H,22,26)(H4,20,21,25). The second-order valence-corrected chi connectivity index (χ2v) is 6.76. The third-order valence-electron chi connectivity index (χ3n) is 3.95. The molecule has 0 saturated carbocycles. The summed E-state index contributed by atoms with van der Waals surface area (Å²) >= 11 is 1.66. The van der Waals surface area contributed by atoms with Gasteiger partial charge in [-0.15, -0.1) is 16.9 Å². The molecule has 6 N–H and O–H groups in total. The number of nitrogens with zero attached hydrogens (tertiary/aromatic N) is 2. The lowest BCUT2D eigenvalue weighted by molar-refractivity contribution is 0.102. The lowest BCUT2D eigenvalue weighted by Gasteiger charge is -2.05. The van der Waals surface area contributed by atoms with E-state index in [1.165, 1.54) is 0 Å². The predicted octanol–water partition coefficient (Wildman–Crippen LogP) is 3.14. The van der Waals surface area contributed by atoms with E-state index in [4.69, 9.17) is 11.5 Å². The molecular formula is C19H20N6OS. The minimum absolute atomic E-state index is 0.0961. The largest absolute Gasteiger partial charge is 0.369 e. The van der Waals surface area contributed by atoms with E-state index >= 15 is 0 Å². The Hall–Kier alpha value is -3.26. The lowest BCUT2D eigenvalue weighted by atomic mass is 10.1. The Kier molecular flexibility index (Phi) is 5.46. The maximum absolute atomic E-state index is 12.5. The van der Waals surface area contributed by atoms with Crippen molar-refractivity contribution in [3.63, 3.8) is 0 Å². The van der Waals surface area contributed by atoms with Crippen molar-refractivity contribution in [1.29, 1.82) is 0 Å². The number of thioether (sulfide) groups is 1. The summed E-state index contributed by atoms with van der Waals surface area (Å²) < 4.78 is 0. The molecule has 0 saturated heterocycles. The van der Waals surface area contributed by atoms with E-state index in [1.807, 2.05) is 42.7 Å². The average Bonchev–Trinajstić information content (AvgIpc) is 3.10. The van der Waals surface area contributed by atoms with Crippen LogP contribution in [0.1, 0.15) is 23.0 Å². The highest BCUT2D eigenvalue weighted by Crippen LogP contribution is 2.23. The van der Waals surface area contributed by atoms with Gasteiger partial charge in [-0.2, -0.15) is 5.10 Å². The van der Waals surface area contributed by atoms with Crippen LogP contribution < -0.4 is 16.8 Å². The number of rotatable bonds is 5. The van der Waals surface area contributed by atoms with Crippen molar-refractivity contribution in [3.8, 4) is 0 Å². The molecule has 0 aliphatic rings. The molecule has 8 heteroatoms. The molecule has 1 amide bonds. The first-order valence-corrected chi connectivity index (χ1v) is 9.40. The van der Waals surface area contributed by atoms with E-state index in [0.29, 0.717) is 17.1 Å². The molecule has 0 unspecified atom stereocenters. The van der Waals surface area contributed by atoms with Gasteiger partial charge in [0.15, 0.2) is 0 Å². The predicted molar refractivity (Wildman–Crippen MR) is 112 cm³/mol. The molecule has 1 heterocycles. The van der Waals surface area contributed by atoms with Crippen LogP contribution in [0, 0.1) is 0 Å². The molecule has 2 aromatic carbocycles. The normalized spacial score (nSPS) is 11.4. The van der Waals surface area contributed by atoms with Crippen LogP contribution in [0.15, 0.2) is 63.6 Å². The number of aromatic nitrogens is 1. The van der Waals surface area contributed by atoms with Gasteiger partial charge in [-0.3, -0.25) is 4.79 Å². The summed E-state index contributed by atoms with van der Waals surface area (Å²) in [6.07, 6.45) is 2.02. The van der Waals surface area contributed by atoms with Crippen molar-refractivity contribution in [2.75, 3.05) is 11.6 Å². The molecule has 0 bridgehead atoms. The zero-order valence-electron chi connectivity index (χ0n) is 15.0. The summed E-state index contributed by atoms with van der Waals surface area (Å²) in [6.45, 7) is 1.80. The third kappa shape index (κ3) is 4.48. The highest BCUT2D eigenvalue weighted by molar-refractivity contribution is 7.98. The maximum Gasteiger partial charge on any atom is 0.272 e. The number of hydrogen-bond acceptors (Lipinski definition) is 4. The summed E-state index contributed by atoms with van der Waals surface area (Å²) in [5.41, 5.74) is 14.2. The number of fused-ring (bicyclic) bond motifs is 1. The number of benzene rings is 2. The van der Waals surface area contributed by atoms with E-state index in [1.54, 1.807) is 30.8 Å². The number of nitrogens with one attached hydrogen (secondary N) is 2. The second-order valence-electron chi connectivity index (χ2n) is 5.88. The molecule has 0 fully saturated rings. The molecule has 3 rings (SSSR count). The first-order valence-electron chi connectivity index (χ1n) is 8.18.